The highest BCUT2D eigenvalue weighted by Crippen LogP contribution is 2.48. The van der Waals surface area contributed by atoms with Crippen molar-refractivity contribution in [3.8, 4) is 5.75 Å². The Morgan fingerprint density at radius 3 is 2.48 bits per heavy atom. The van der Waals surface area contributed by atoms with E-state index in [2.05, 4.69) is 16.1 Å². The van der Waals surface area contributed by atoms with Gasteiger partial charge in [0.15, 0.2) is 0 Å². The summed E-state index contributed by atoms with van der Waals surface area (Å²) < 4.78 is 6.07. The van der Waals surface area contributed by atoms with Gasteiger partial charge in [-0.3, -0.25) is 4.79 Å². The Bertz CT molecular complexity index is 732. The lowest BCUT2D eigenvalue weighted by Crippen LogP contribution is -2.42. The molecule has 1 aromatic carbocycles. The lowest BCUT2D eigenvalue weighted by Gasteiger charge is -2.46. The Morgan fingerprint density at radius 1 is 1.14 bits per heavy atom. The summed E-state index contributed by atoms with van der Waals surface area (Å²) >= 11 is 6.53. The highest BCUT2D eigenvalue weighted by atomic mass is 35.5. The first-order chi connectivity index (χ1) is 14.1. The number of anilines is 1. The fraction of sp³-hybridized carbons (Fsp3) is 0.696. The van der Waals surface area contributed by atoms with Gasteiger partial charge in [0.05, 0.1) is 16.8 Å². The Balaban J connectivity index is 1.30. The minimum absolute atomic E-state index is 0.312. The van der Waals surface area contributed by atoms with Gasteiger partial charge in [0, 0.05) is 30.8 Å². The third-order valence-corrected chi connectivity index (χ3v) is 7.79. The zero-order valence-electron chi connectivity index (χ0n) is 17.1. The molecule has 0 N–H and O–H groups in total. The van der Waals surface area contributed by atoms with Gasteiger partial charge in [-0.25, -0.2) is 0 Å². The van der Waals surface area contributed by atoms with Crippen LogP contribution in [0.25, 0.3) is 0 Å². The third-order valence-electron chi connectivity index (χ3n) is 7.47. The van der Waals surface area contributed by atoms with E-state index in [0.717, 1.165) is 61.7 Å². The third kappa shape index (κ3) is 4.93. The van der Waals surface area contributed by atoms with Crippen LogP contribution in [0.3, 0.4) is 0 Å². The lowest BCUT2D eigenvalue weighted by atomic mass is 9.65. The average molecular weight is 419 g/mol. The SMILES string of the molecule is O=NC(=O)CCC1CCC2(CC1)CCN(c1cc(OC3CCC3)ccc1Cl)CC2. The van der Waals surface area contributed by atoms with Gasteiger partial charge in [-0.1, -0.05) is 11.6 Å². The van der Waals surface area contributed by atoms with Crippen LogP contribution in [0.2, 0.25) is 5.02 Å². The first kappa shape index (κ1) is 20.6. The van der Waals surface area contributed by atoms with Gasteiger partial charge in [-0.05, 0) is 87.7 Å². The monoisotopic (exact) mass is 418 g/mol. The molecule has 1 amide bonds. The summed E-state index contributed by atoms with van der Waals surface area (Å²) in [6.45, 7) is 2.07. The molecular formula is C23H31ClN2O3. The number of rotatable bonds is 6. The molecule has 1 aliphatic heterocycles. The van der Waals surface area contributed by atoms with Gasteiger partial charge in [0.25, 0.3) is 5.91 Å². The van der Waals surface area contributed by atoms with Crippen LogP contribution in [-0.2, 0) is 4.79 Å². The van der Waals surface area contributed by atoms with Gasteiger partial charge in [0.2, 0.25) is 0 Å². The predicted molar refractivity (Wildman–Crippen MR) is 116 cm³/mol. The molecule has 2 saturated carbocycles. The van der Waals surface area contributed by atoms with Crippen molar-refractivity contribution in [3.05, 3.63) is 28.1 Å². The molecule has 1 saturated heterocycles. The number of hydrogen-bond acceptors (Lipinski definition) is 4. The molecule has 29 heavy (non-hydrogen) atoms. The fourth-order valence-electron chi connectivity index (χ4n) is 5.16. The number of ether oxygens (including phenoxy) is 1. The molecule has 0 radical (unpaired) electrons. The number of carbonyl (C=O) groups is 1. The van der Waals surface area contributed by atoms with Crippen molar-refractivity contribution >= 4 is 23.2 Å². The molecule has 1 heterocycles. The van der Waals surface area contributed by atoms with Crippen molar-refractivity contribution in [1.29, 1.82) is 0 Å². The average Bonchev–Trinajstić information content (AvgIpc) is 2.72. The van der Waals surface area contributed by atoms with E-state index in [1.54, 1.807) is 0 Å². The molecule has 1 aromatic rings. The first-order valence-corrected chi connectivity index (χ1v) is 11.5. The van der Waals surface area contributed by atoms with Gasteiger partial charge in [-0.2, -0.15) is 0 Å². The van der Waals surface area contributed by atoms with Crippen LogP contribution in [0.5, 0.6) is 5.75 Å². The summed E-state index contributed by atoms with van der Waals surface area (Å²) in [5.74, 6) is 1.01. The summed E-state index contributed by atoms with van der Waals surface area (Å²) in [4.78, 5) is 23.8. The van der Waals surface area contributed by atoms with Gasteiger partial charge >= 0.3 is 0 Å². The molecular weight excluding hydrogens is 388 g/mol. The van der Waals surface area contributed by atoms with Crippen LogP contribution in [0.15, 0.2) is 23.4 Å². The number of amides is 1. The van der Waals surface area contributed by atoms with Crippen molar-refractivity contribution in [2.45, 2.75) is 76.7 Å². The Labute approximate surface area is 178 Å². The molecule has 4 rings (SSSR count). The molecule has 158 valence electrons. The summed E-state index contributed by atoms with van der Waals surface area (Å²) in [5.41, 5.74) is 1.54. The molecule has 0 atom stereocenters. The number of nitrogens with zero attached hydrogens (tertiary/aromatic N) is 2. The molecule has 0 bridgehead atoms. The second-order valence-electron chi connectivity index (χ2n) is 9.24. The Morgan fingerprint density at radius 2 is 1.86 bits per heavy atom. The van der Waals surface area contributed by atoms with E-state index in [1.807, 2.05) is 12.1 Å². The first-order valence-electron chi connectivity index (χ1n) is 11.1. The number of piperidine rings is 1. The number of carbonyl (C=O) groups excluding carboxylic acids is 1. The maximum Gasteiger partial charge on any atom is 0.286 e. The highest BCUT2D eigenvalue weighted by Gasteiger charge is 2.38. The number of halogens is 1. The molecule has 0 aromatic heterocycles. The van der Waals surface area contributed by atoms with E-state index >= 15 is 0 Å². The van der Waals surface area contributed by atoms with Crippen LogP contribution in [0.4, 0.5) is 5.69 Å². The molecule has 6 heteroatoms. The number of hydrogen-bond donors (Lipinski definition) is 0. The van der Waals surface area contributed by atoms with Crippen LogP contribution in [0.1, 0.15) is 70.6 Å². The summed E-state index contributed by atoms with van der Waals surface area (Å²) in [7, 11) is 0. The number of nitroso groups, excluding NO2 is 1. The fourth-order valence-corrected chi connectivity index (χ4v) is 5.40. The quantitative estimate of drug-likeness (QED) is 0.522. The van der Waals surface area contributed by atoms with Crippen LogP contribution >= 0.6 is 11.6 Å². The summed E-state index contributed by atoms with van der Waals surface area (Å²) in [6.07, 6.45) is 12.3. The zero-order chi connectivity index (χ0) is 20.3. The lowest BCUT2D eigenvalue weighted by molar-refractivity contribution is -0.118. The van der Waals surface area contributed by atoms with Gasteiger partial charge < -0.3 is 9.64 Å². The molecule has 3 aliphatic rings. The van der Waals surface area contributed by atoms with E-state index < -0.39 is 5.91 Å². The largest absolute Gasteiger partial charge is 0.490 e. The van der Waals surface area contributed by atoms with E-state index in [0.29, 0.717) is 23.9 Å². The van der Waals surface area contributed by atoms with Crippen molar-refractivity contribution in [1.82, 2.24) is 0 Å². The van der Waals surface area contributed by atoms with Crippen molar-refractivity contribution in [3.63, 3.8) is 0 Å². The maximum atomic E-state index is 11.1. The summed E-state index contributed by atoms with van der Waals surface area (Å²) in [5, 5.41) is 3.32. The topological polar surface area (TPSA) is 59.0 Å². The molecule has 0 unspecified atom stereocenters. The number of benzene rings is 1. The summed E-state index contributed by atoms with van der Waals surface area (Å²) in [6, 6.07) is 6.07. The molecule has 3 fully saturated rings. The predicted octanol–water partition coefficient (Wildman–Crippen LogP) is 6.12. The van der Waals surface area contributed by atoms with Crippen molar-refractivity contribution in [2.24, 2.45) is 16.5 Å². The minimum Gasteiger partial charge on any atom is -0.490 e. The van der Waals surface area contributed by atoms with E-state index in [9.17, 15) is 9.70 Å². The second kappa shape index (κ2) is 9.03. The van der Waals surface area contributed by atoms with E-state index in [4.69, 9.17) is 16.3 Å². The normalized spacial score (nSPS) is 22.3. The molecule has 5 nitrogen and oxygen atoms in total. The van der Waals surface area contributed by atoms with Crippen LogP contribution in [-0.4, -0.2) is 25.1 Å². The van der Waals surface area contributed by atoms with E-state index in [-0.39, 0.29) is 0 Å². The van der Waals surface area contributed by atoms with Crippen molar-refractivity contribution in [2.75, 3.05) is 18.0 Å². The van der Waals surface area contributed by atoms with Crippen molar-refractivity contribution < 1.29 is 9.53 Å². The Kier molecular flexibility index (Phi) is 6.43. The van der Waals surface area contributed by atoms with Crippen LogP contribution < -0.4 is 9.64 Å². The molecule has 1 spiro atoms. The van der Waals surface area contributed by atoms with E-state index in [1.165, 1.54) is 32.1 Å². The smallest absolute Gasteiger partial charge is 0.286 e. The van der Waals surface area contributed by atoms with Gasteiger partial charge in [0.1, 0.15) is 5.75 Å². The standard InChI is InChI=1S/C23H31ClN2O3/c24-20-6-5-19(29-18-2-1-3-18)16-21(20)26-14-12-23(13-15-26)10-8-17(9-11-23)4-7-22(27)25-28/h5-6,16-18H,1-4,7-15H2. The molecule has 2 aliphatic carbocycles. The highest BCUT2D eigenvalue weighted by molar-refractivity contribution is 6.33. The minimum atomic E-state index is -0.501. The van der Waals surface area contributed by atoms with Gasteiger partial charge in [-0.15, -0.1) is 4.91 Å². The second-order valence-corrected chi connectivity index (χ2v) is 9.65. The maximum absolute atomic E-state index is 11.1. The zero-order valence-corrected chi connectivity index (χ0v) is 17.8. The van der Waals surface area contributed by atoms with Crippen LogP contribution in [0, 0.1) is 16.2 Å². The Hall–Kier alpha value is -1.62.